The predicted molar refractivity (Wildman–Crippen MR) is 77.4 cm³/mol. The first-order valence-corrected chi connectivity index (χ1v) is 7.70. The molecule has 0 spiro atoms. The lowest BCUT2D eigenvalue weighted by atomic mass is 9.91. The minimum atomic E-state index is -4.53. The maximum atomic E-state index is 13.0. The van der Waals surface area contributed by atoms with E-state index in [4.69, 9.17) is 4.74 Å². The van der Waals surface area contributed by atoms with Crippen molar-refractivity contribution in [3.63, 3.8) is 0 Å². The van der Waals surface area contributed by atoms with E-state index in [0.717, 1.165) is 11.1 Å². The van der Waals surface area contributed by atoms with Crippen LogP contribution < -0.4 is 0 Å². The van der Waals surface area contributed by atoms with E-state index in [0.29, 0.717) is 19.4 Å². The first-order chi connectivity index (χ1) is 10.7. The number of hydrogen-bond donors (Lipinski definition) is 0. The van der Waals surface area contributed by atoms with Crippen molar-refractivity contribution in [3.05, 3.63) is 17.5 Å². The lowest BCUT2D eigenvalue weighted by Gasteiger charge is -2.33. The minimum Gasteiger partial charge on any atom is -0.377 e. The largest absolute Gasteiger partial charge is 0.435 e. The number of amides is 1. The van der Waals surface area contributed by atoms with Crippen LogP contribution in [0.4, 0.5) is 13.2 Å². The van der Waals surface area contributed by atoms with Crippen molar-refractivity contribution in [2.45, 2.75) is 45.0 Å². The van der Waals surface area contributed by atoms with Crippen LogP contribution in [0.3, 0.4) is 0 Å². The van der Waals surface area contributed by atoms with Crippen molar-refractivity contribution >= 4 is 5.91 Å². The maximum absolute atomic E-state index is 13.0. The number of aryl methyl sites for hydroxylation is 1. The van der Waals surface area contributed by atoms with E-state index in [1.165, 1.54) is 25.2 Å². The molecule has 0 unspecified atom stereocenters. The second kappa shape index (κ2) is 6.90. The molecule has 2 heterocycles. The van der Waals surface area contributed by atoms with Crippen molar-refractivity contribution in [1.82, 2.24) is 14.7 Å². The molecule has 0 aromatic carbocycles. The van der Waals surface area contributed by atoms with E-state index < -0.39 is 11.9 Å². The first-order valence-electron chi connectivity index (χ1n) is 7.70. The second-order valence-electron chi connectivity index (χ2n) is 5.93. The standard InChI is InChI=1S/C15H22F3N3O2/c1-4-12-11(6-5-7-23-12)14(22)20(2)8-10-9-21(3)19-13(10)15(16,17)18/h9,11-12H,4-8H2,1-3H3/t11-,12-/m0/s1. The highest BCUT2D eigenvalue weighted by molar-refractivity contribution is 5.79. The summed E-state index contributed by atoms with van der Waals surface area (Å²) in [4.78, 5) is 13.9. The third kappa shape index (κ3) is 4.04. The number of nitrogens with zero attached hydrogens (tertiary/aromatic N) is 3. The van der Waals surface area contributed by atoms with Crippen LogP contribution in [0.15, 0.2) is 6.20 Å². The Balaban J connectivity index is 2.12. The van der Waals surface area contributed by atoms with Gasteiger partial charge in [-0.2, -0.15) is 18.3 Å². The highest BCUT2D eigenvalue weighted by Gasteiger charge is 2.38. The van der Waals surface area contributed by atoms with Crippen LogP contribution in [0.2, 0.25) is 0 Å². The summed E-state index contributed by atoms with van der Waals surface area (Å²) < 4.78 is 45.7. The van der Waals surface area contributed by atoms with Crippen LogP contribution in [-0.2, 0) is 29.3 Å². The Morgan fingerprint density at radius 1 is 1.52 bits per heavy atom. The molecule has 0 aliphatic carbocycles. The monoisotopic (exact) mass is 333 g/mol. The van der Waals surface area contributed by atoms with Gasteiger partial charge >= 0.3 is 6.18 Å². The zero-order chi connectivity index (χ0) is 17.2. The van der Waals surface area contributed by atoms with E-state index >= 15 is 0 Å². The number of carbonyl (C=O) groups excluding carboxylic acids is 1. The molecule has 1 fully saturated rings. The van der Waals surface area contributed by atoms with Crippen LogP contribution in [0.25, 0.3) is 0 Å². The SMILES string of the molecule is CC[C@@H]1OCCC[C@@H]1C(=O)N(C)Cc1cn(C)nc1C(F)(F)F. The molecule has 1 aromatic heterocycles. The fraction of sp³-hybridized carbons (Fsp3) is 0.733. The lowest BCUT2D eigenvalue weighted by molar-refractivity contribution is -0.147. The number of ether oxygens (including phenoxy) is 1. The summed E-state index contributed by atoms with van der Waals surface area (Å²) in [5, 5.41) is 3.47. The summed E-state index contributed by atoms with van der Waals surface area (Å²) in [6.45, 7) is 2.46. The van der Waals surface area contributed by atoms with Gasteiger partial charge in [-0.3, -0.25) is 9.48 Å². The van der Waals surface area contributed by atoms with E-state index in [2.05, 4.69) is 5.10 Å². The summed E-state index contributed by atoms with van der Waals surface area (Å²) in [7, 11) is 2.96. The molecular weight excluding hydrogens is 311 g/mol. The quantitative estimate of drug-likeness (QED) is 0.851. The molecule has 2 atom stereocenters. The van der Waals surface area contributed by atoms with E-state index in [1.54, 1.807) is 0 Å². The zero-order valence-corrected chi connectivity index (χ0v) is 13.6. The van der Waals surface area contributed by atoms with Gasteiger partial charge in [0.1, 0.15) is 0 Å². The molecular formula is C15H22F3N3O2. The molecule has 23 heavy (non-hydrogen) atoms. The van der Waals surface area contributed by atoms with Crippen LogP contribution in [0.5, 0.6) is 0 Å². The summed E-state index contributed by atoms with van der Waals surface area (Å²) in [6, 6.07) is 0. The minimum absolute atomic E-state index is 0.000580. The summed E-state index contributed by atoms with van der Waals surface area (Å²) >= 11 is 0. The summed E-state index contributed by atoms with van der Waals surface area (Å²) in [5.74, 6) is -0.460. The number of alkyl halides is 3. The fourth-order valence-corrected chi connectivity index (χ4v) is 3.03. The van der Waals surface area contributed by atoms with Gasteiger partial charge in [0.05, 0.1) is 12.0 Å². The Morgan fingerprint density at radius 2 is 2.22 bits per heavy atom. The molecule has 0 bridgehead atoms. The predicted octanol–water partition coefficient (Wildman–Crippen LogP) is 2.60. The van der Waals surface area contributed by atoms with Crippen LogP contribution >= 0.6 is 0 Å². The molecule has 130 valence electrons. The number of rotatable bonds is 4. The van der Waals surface area contributed by atoms with Gasteiger partial charge in [-0.15, -0.1) is 0 Å². The Bertz CT molecular complexity index is 557. The molecule has 0 saturated carbocycles. The van der Waals surface area contributed by atoms with Gasteiger partial charge in [-0.25, -0.2) is 0 Å². The number of hydrogen-bond acceptors (Lipinski definition) is 3. The molecule has 1 aromatic rings. The van der Waals surface area contributed by atoms with Crippen LogP contribution in [0.1, 0.15) is 37.4 Å². The van der Waals surface area contributed by atoms with E-state index in [9.17, 15) is 18.0 Å². The molecule has 2 rings (SSSR count). The van der Waals surface area contributed by atoms with E-state index in [-0.39, 0.29) is 30.0 Å². The molecule has 8 heteroatoms. The van der Waals surface area contributed by atoms with Crippen molar-refractivity contribution in [1.29, 1.82) is 0 Å². The molecule has 1 aliphatic rings. The second-order valence-corrected chi connectivity index (χ2v) is 5.93. The zero-order valence-electron chi connectivity index (χ0n) is 13.6. The van der Waals surface area contributed by atoms with Gasteiger partial charge in [0.2, 0.25) is 5.91 Å². The molecule has 1 saturated heterocycles. The molecule has 5 nitrogen and oxygen atoms in total. The number of halogens is 3. The Kier molecular flexibility index (Phi) is 5.33. The van der Waals surface area contributed by atoms with Crippen LogP contribution in [0, 0.1) is 5.92 Å². The van der Waals surface area contributed by atoms with Crippen molar-refractivity contribution < 1.29 is 22.7 Å². The highest BCUT2D eigenvalue weighted by atomic mass is 19.4. The third-order valence-electron chi connectivity index (χ3n) is 4.12. The normalized spacial score (nSPS) is 22.2. The molecule has 0 radical (unpaired) electrons. The number of aromatic nitrogens is 2. The first kappa shape index (κ1) is 17.8. The van der Waals surface area contributed by atoms with Gasteiger partial charge in [0.15, 0.2) is 5.69 Å². The molecule has 1 amide bonds. The van der Waals surface area contributed by atoms with Crippen molar-refractivity contribution in [2.75, 3.05) is 13.7 Å². The van der Waals surface area contributed by atoms with Crippen LogP contribution in [-0.4, -0.2) is 40.3 Å². The maximum Gasteiger partial charge on any atom is 0.435 e. The highest BCUT2D eigenvalue weighted by Crippen LogP contribution is 2.31. The van der Waals surface area contributed by atoms with Gasteiger partial charge in [0.25, 0.3) is 0 Å². The van der Waals surface area contributed by atoms with Crippen molar-refractivity contribution in [3.8, 4) is 0 Å². The average Bonchev–Trinajstić information content (AvgIpc) is 2.87. The Hall–Kier alpha value is -1.57. The molecule has 1 aliphatic heterocycles. The Labute approximate surface area is 133 Å². The topological polar surface area (TPSA) is 47.4 Å². The van der Waals surface area contributed by atoms with Gasteiger partial charge in [0, 0.05) is 39.0 Å². The van der Waals surface area contributed by atoms with Gasteiger partial charge in [-0.1, -0.05) is 6.92 Å². The smallest absolute Gasteiger partial charge is 0.377 e. The molecule has 0 N–H and O–H groups in total. The average molecular weight is 333 g/mol. The summed E-state index contributed by atoms with van der Waals surface area (Å²) in [5.41, 5.74) is -0.938. The Morgan fingerprint density at radius 3 is 2.83 bits per heavy atom. The summed E-state index contributed by atoms with van der Waals surface area (Å²) in [6.07, 6.45) is -1.16. The fourth-order valence-electron chi connectivity index (χ4n) is 3.03. The van der Waals surface area contributed by atoms with Gasteiger partial charge < -0.3 is 9.64 Å². The van der Waals surface area contributed by atoms with Crippen molar-refractivity contribution in [2.24, 2.45) is 13.0 Å². The van der Waals surface area contributed by atoms with E-state index in [1.807, 2.05) is 6.92 Å². The number of carbonyl (C=O) groups is 1. The van der Waals surface area contributed by atoms with Gasteiger partial charge in [-0.05, 0) is 19.3 Å². The lowest BCUT2D eigenvalue weighted by Crippen LogP contribution is -2.42. The third-order valence-corrected chi connectivity index (χ3v) is 4.12.